The lowest BCUT2D eigenvalue weighted by atomic mass is 9.99. The van der Waals surface area contributed by atoms with E-state index in [-0.39, 0.29) is 11.1 Å². The highest BCUT2D eigenvalue weighted by Crippen LogP contribution is 2.34. The van der Waals surface area contributed by atoms with Crippen LogP contribution in [0.1, 0.15) is 40.3 Å². The fourth-order valence-electron chi connectivity index (χ4n) is 2.98. The van der Waals surface area contributed by atoms with Gasteiger partial charge >= 0.3 is 0 Å². The topological polar surface area (TPSA) is 37.8 Å². The number of rotatable bonds is 2. The summed E-state index contributed by atoms with van der Waals surface area (Å²) in [4.78, 5) is 9.85. The molecule has 0 aliphatic heterocycles. The summed E-state index contributed by atoms with van der Waals surface area (Å²) >= 11 is 1.63. The molecule has 0 saturated carbocycles. The molecule has 0 fully saturated rings. The van der Waals surface area contributed by atoms with Crippen LogP contribution in [0.3, 0.4) is 0 Å². The Balaban J connectivity index is 2.07. The zero-order valence-corrected chi connectivity index (χ0v) is 16.2. The SMILES string of the molecule is CC(C)(C)NC(C)(C)C#Cc1ncnc2scc(-c3ccccc3)c12. The third kappa shape index (κ3) is 4.25. The molecule has 0 unspecified atom stereocenters. The van der Waals surface area contributed by atoms with Crippen LogP contribution in [0.25, 0.3) is 21.3 Å². The van der Waals surface area contributed by atoms with Crippen LogP contribution in [0.5, 0.6) is 0 Å². The van der Waals surface area contributed by atoms with E-state index in [4.69, 9.17) is 0 Å². The quantitative estimate of drug-likeness (QED) is 0.670. The highest BCUT2D eigenvalue weighted by Gasteiger charge is 2.22. The smallest absolute Gasteiger partial charge is 0.128 e. The Labute approximate surface area is 153 Å². The van der Waals surface area contributed by atoms with Crippen molar-refractivity contribution < 1.29 is 0 Å². The molecule has 0 bridgehead atoms. The van der Waals surface area contributed by atoms with Crippen molar-refractivity contribution in [1.29, 1.82) is 0 Å². The van der Waals surface area contributed by atoms with Gasteiger partial charge < -0.3 is 0 Å². The molecule has 0 aliphatic rings. The van der Waals surface area contributed by atoms with Gasteiger partial charge in [-0.05, 0) is 46.1 Å². The highest BCUT2D eigenvalue weighted by molar-refractivity contribution is 7.17. The Hall–Kier alpha value is -2.22. The first-order valence-electron chi connectivity index (χ1n) is 8.35. The second kappa shape index (κ2) is 6.59. The van der Waals surface area contributed by atoms with Crippen molar-refractivity contribution in [2.45, 2.75) is 45.7 Å². The molecule has 4 heteroatoms. The minimum absolute atomic E-state index is 0.00322. The molecule has 0 spiro atoms. The Kier molecular flexibility index (Phi) is 4.64. The molecular weight excluding hydrogens is 326 g/mol. The number of nitrogens with one attached hydrogen (secondary N) is 1. The summed E-state index contributed by atoms with van der Waals surface area (Å²) in [5.41, 5.74) is 2.79. The number of hydrogen-bond acceptors (Lipinski definition) is 4. The van der Waals surface area contributed by atoms with Crippen molar-refractivity contribution in [3.05, 3.63) is 47.7 Å². The lowest BCUT2D eigenvalue weighted by Crippen LogP contribution is -2.49. The Morgan fingerprint density at radius 1 is 1.00 bits per heavy atom. The number of fused-ring (bicyclic) bond motifs is 1. The van der Waals surface area contributed by atoms with E-state index in [1.165, 1.54) is 5.56 Å². The fraction of sp³-hybridized carbons (Fsp3) is 0.333. The largest absolute Gasteiger partial charge is 0.297 e. The fourth-order valence-corrected chi connectivity index (χ4v) is 3.90. The lowest BCUT2D eigenvalue weighted by molar-refractivity contribution is 0.338. The molecule has 0 radical (unpaired) electrons. The lowest BCUT2D eigenvalue weighted by Gasteiger charge is -2.30. The molecule has 0 saturated heterocycles. The van der Waals surface area contributed by atoms with Gasteiger partial charge in [-0.1, -0.05) is 36.3 Å². The maximum absolute atomic E-state index is 4.46. The van der Waals surface area contributed by atoms with Crippen LogP contribution in [-0.4, -0.2) is 21.0 Å². The number of aromatic nitrogens is 2. The van der Waals surface area contributed by atoms with E-state index >= 15 is 0 Å². The van der Waals surface area contributed by atoms with E-state index in [9.17, 15) is 0 Å². The van der Waals surface area contributed by atoms with Gasteiger partial charge in [0.05, 0.1) is 10.9 Å². The van der Waals surface area contributed by atoms with Gasteiger partial charge in [-0.15, -0.1) is 11.3 Å². The van der Waals surface area contributed by atoms with Crippen LogP contribution < -0.4 is 5.32 Å². The Morgan fingerprint density at radius 2 is 1.72 bits per heavy atom. The third-order valence-electron chi connectivity index (χ3n) is 3.64. The molecule has 1 aromatic carbocycles. The molecule has 3 rings (SSSR count). The number of benzene rings is 1. The predicted octanol–water partition coefficient (Wildman–Crippen LogP) is 4.88. The van der Waals surface area contributed by atoms with Crippen molar-refractivity contribution in [1.82, 2.24) is 15.3 Å². The van der Waals surface area contributed by atoms with Crippen molar-refractivity contribution in [3.8, 4) is 23.0 Å². The minimum Gasteiger partial charge on any atom is -0.297 e. The third-order valence-corrected chi connectivity index (χ3v) is 4.52. The summed E-state index contributed by atoms with van der Waals surface area (Å²) in [5, 5.41) is 6.72. The molecule has 25 heavy (non-hydrogen) atoms. The number of thiophene rings is 1. The Bertz CT molecular complexity index is 938. The molecule has 2 heterocycles. The normalized spacial score (nSPS) is 12.0. The molecule has 0 atom stereocenters. The second-order valence-corrected chi connectivity index (χ2v) is 8.53. The molecule has 0 amide bonds. The van der Waals surface area contributed by atoms with Gasteiger partial charge in [0.1, 0.15) is 16.9 Å². The van der Waals surface area contributed by atoms with Gasteiger partial charge in [-0.25, -0.2) is 9.97 Å². The summed E-state index contributed by atoms with van der Waals surface area (Å²) < 4.78 is 0. The molecular formula is C21H23N3S. The number of nitrogens with zero attached hydrogens (tertiary/aromatic N) is 2. The first-order chi connectivity index (χ1) is 11.8. The number of hydrogen-bond donors (Lipinski definition) is 1. The summed E-state index contributed by atoms with van der Waals surface area (Å²) in [5.74, 6) is 6.64. The second-order valence-electron chi connectivity index (χ2n) is 7.67. The molecule has 0 aliphatic carbocycles. The van der Waals surface area contributed by atoms with Crippen molar-refractivity contribution >= 4 is 21.6 Å². The maximum Gasteiger partial charge on any atom is 0.128 e. The molecule has 2 aromatic heterocycles. The first-order valence-corrected chi connectivity index (χ1v) is 9.23. The van der Waals surface area contributed by atoms with Crippen molar-refractivity contribution in [3.63, 3.8) is 0 Å². The summed E-state index contributed by atoms with van der Waals surface area (Å²) in [7, 11) is 0. The summed E-state index contributed by atoms with van der Waals surface area (Å²) in [6.45, 7) is 10.6. The van der Waals surface area contributed by atoms with Gasteiger partial charge in [0.2, 0.25) is 0 Å². The monoisotopic (exact) mass is 349 g/mol. The van der Waals surface area contributed by atoms with Crippen molar-refractivity contribution in [2.75, 3.05) is 0 Å². The maximum atomic E-state index is 4.46. The van der Waals surface area contributed by atoms with Crippen molar-refractivity contribution in [2.24, 2.45) is 0 Å². The van der Waals surface area contributed by atoms with Gasteiger partial charge in [0.15, 0.2) is 0 Å². The van der Waals surface area contributed by atoms with E-state index in [0.717, 1.165) is 21.5 Å². The van der Waals surface area contributed by atoms with E-state index < -0.39 is 0 Å². The summed E-state index contributed by atoms with van der Waals surface area (Å²) in [6.07, 6.45) is 1.60. The van der Waals surface area contributed by atoms with Crippen LogP contribution in [0.4, 0.5) is 0 Å². The van der Waals surface area contributed by atoms with Crippen LogP contribution in [0, 0.1) is 11.8 Å². The van der Waals surface area contributed by atoms with Gasteiger partial charge in [0, 0.05) is 16.5 Å². The van der Waals surface area contributed by atoms with Gasteiger partial charge in [-0.3, -0.25) is 5.32 Å². The Morgan fingerprint density at radius 3 is 2.40 bits per heavy atom. The van der Waals surface area contributed by atoms with E-state index in [1.807, 2.05) is 18.2 Å². The van der Waals surface area contributed by atoms with Crippen LogP contribution in [-0.2, 0) is 0 Å². The molecule has 3 aromatic rings. The predicted molar refractivity (Wildman–Crippen MR) is 107 cm³/mol. The van der Waals surface area contributed by atoms with Gasteiger partial charge in [0.25, 0.3) is 0 Å². The molecule has 128 valence electrons. The standard InChI is InChI=1S/C21H23N3S/c1-20(2,3)24-21(4,5)12-11-17-18-16(15-9-7-6-8-10-15)13-25-19(18)23-14-22-17/h6-10,13-14,24H,1-5H3. The van der Waals surface area contributed by atoms with E-state index in [1.54, 1.807) is 17.7 Å². The highest BCUT2D eigenvalue weighted by atomic mass is 32.1. The summed E-state index contributed by atoms with van der Waals surface area (Å²) in [6, 6.07) is 10.3. The molecule has 1 N–H and O–H groups in total. The van der Waals surface area contributed by atoms with Crippen LogP contribution in [0.2, 0.25) is 0 Å². The first kappa shape index (κ1) is 17.6. The van der Waals surface area contributed by atoms with Crippen LogP contribution in [0.15, 0.2) is 42.0 Å². The zero-order valence-electron chi connectivity index (χ0n) is 15.3. The zero-order chi connectivity index (χ0) is 18.1. The van der Waals surface area contributed by atoms with Gasteiger partial charge in [-0.2, -0.15) is 0 Å². The van der Waals surface area contributed by atoms with E-state index in [2.05, 4.69) is 79.3 Å². The average Bonchev–Trinajstić information content (AvgIpc) is 2.96. The van der Waals surface area contributed by atoms with Crippen LogP contribution >= 0.6 is 11.3 Å². The molecule has 3 nitrogen and oxygen atoms in total. The minimum atomic E-state index is -0.307. The average molecular weight is 350 g/mol. The van der Waals surface area contributed by atoms with E-state index in [0.29, 0.717) is 0 Å².